The van der Waals surface area contributed by atoms with Crippen LogP contribution in [0.4, 0.5) is 5.69 Å². The number of benzene rings is 2. The first-order valence-corrected chi connectivity index (χ1v) is 12.8. The Morgan fingerprint density at radius 1 is 1.14 bits per heavy atom. The van der Waals surface area contributed by atoms with Gasteiger partial charge in [-0.1, -0.05) is 36.7 Å². The van der Waals surface area contributed by atoms with Gasteiger partial charge in [0.2, 0.25) is 10.0 Å². The van der Waals surface area contributed by atoms with Crippen LogP contribution in [0, 0.1) is 0 Å². The summed E-state index contributed by atoms with van der Waals surface area (Å²) in [6, 6.07) is 15.8. The van der Waals surface area contributed by atoms with E-state index >= 15 is 0 Å². The average Bonchev–Trinajstić information content (AvgIpc) is 3.09. The molecule has 1 heterocycles. The van der Waals surface area contributed by atoms with Crippen molar-refractivity contribution < 1.29 is 8.42 Å². The smallest absolute Gasteiger partial charge is 0.229 e. The normalized spacial score (nSPS) is 14.1. The molecule has 150 valence electrons. The molecule has 0 aliphatic carbocycles. The molecule has 4 nitrogen and oxygen atoms in total. The van der Waals surface area contributed by atoms with Gasteiger partial charge in [0, 0.05) is 16.6 Å². The summed E-state index contributed by atoms with van der Waals surface area (Å²) in [7, 11) is -3.35. The summed E-state index contributed by atoms with van der Waals surface area (Å²) in [5, 5.41) is 1.61. The number of nitrogens with one attached hydrogen (secondary N) is 1. The Labute approximate surface area is 176 Å². The molecule has 28 heavy (non-hydrogen) atoms. The standard InChI is InChI=1S/C21H25ClN2O2S2/c1-4-21(13-15-27-2,16-8-10-17(22)11-9-16)24-14-12-18-19(23-28(3,25)26)6-5-7-20(18)24/h5-12,14,23H,4,13,15H2,1-3H3. The molecule has 1 aromatic heterocycles. The van der Waals surface area contributed by atoms with Crippen molar-refractivity contribution in [3.63, 3.8) is 0 Å². The molecule has 7 heteroatoms. The van der Waals surface area contributed by atoms with Crippen molar-refractivity contribution in [3.05, 3.63) is 65.3 Å². The molecule has 0 aliphatic rings. The predicted octanol–water partition coefficient (Wildman–Crippen LogP) is 5.57. The molecule has 0 spiro atoms. The molecule has 0 saturated carbocycles. The van der Waals surface area contributed by atoms with Crippen LogP contribution in [0.15, 0.2) is 54.7 Å². The SMILES string of the molecule is CCC(CCSC)(c1ccc(Cl)cc1)n1ccc2c(NS(C)(=O)=O)cccc21. The predicted molar refractivity (Wildman–Crippen MR) is 122 cm³/mol. The lowest BCUT2D eigenvalue weighted by Crippen LogP contribution is -2.34. The molecule has 0 amide bonds. The van der Waals surface area contributed by atoms with E-state index in [1.165, 1.54) is 11.8 Å². The fraction of sp³-hybridized carbons (Fsp3) is 0.333. The van der Waals surface area contributed by atoms with Crippen LogP contribution in [0.2, 0.25) is 5.02 Å². The maximum atomic E-state index is 11.8. The molecule has 0 saturated heterocycles. The first kappa shape index (κ1) is 21.1. The molecule has 0 aliphatic heterocycles. The van der Waals surface area contributed by atoms with Crippen LogP contribution >= 0.6 is 23.4 Å². The van der Waals surface area contributed by atoms with Crippen molar-refractivity contribution in [2.45, 2.75) is 25.3 Å². The highest BCUT2D eigenvalue weighted by Gasteiger charge is 2.33. The maximum Gasteiger partial charge on any atom is 0.229 e. The number of anilines is 1. The van der Waals surface area contributed by atoms with E-state index in [0.29, 0.717) is 5.69 Å². The number of nitrogens with zero attached hydrogens (tertiary/aromatic N) is 1. The molecule has 0 bridgehead atoms. The van der Waals surface area contributed by atoms with Gasteiger partial charge in [-0.3, -0.25) is 4.72 Å². The highest BCUT2D eigenvalue weighted by Crippen LogP contribution is 2.39. The number of hydrogen-bond donors (Lipinski definition) is 1. The second-order valence-electron chi connectivity index (χ2n) is 6.93. The summed E-state index contributed by atoms with van der Waals surface area (Å²) >= 11 is 7.96. The van der Waals surface area contributed by atoms with Crippen molar-refractivity contribution in [1.82, 2.24) is 4.57 Å². The number of hydrogen-bond acceptors (Lipinski definition) is 3. The fourth-order valence-electron chi connectivity index (χ4n) is 3.82. The van der Waals surface area contributed by atoms with E-state index in [1.807, 2.05) is 42.1 Å². The summed E-state index contributed by atoms with van der Waals surface area (Å²) in [5.74, 6) is 1.01. The Balaban J connectivity index is 2.21. The van der Waals surface area contributed by atoms with Crippen LogP contribution in [0.3, 0.4) is 0 Å². The third-order valence-electron chi connectivity index (χ3n) is 5.18. The first-order valence-electron chi connectivity index (χ1n) is 9.14. The number of halogens is 1. The van der Waals surface area contributed by atoms with E-state index in [9.17, 15) is 8.42 Å². The number of thioether (sulfide) groups is 1. The van der Waals surface area contributed by atoms with Crippen LogP contribution in [0.1, 0.15) is 25.3 Å². The van der Waals surface area contributed by atoms with Gasteiger partial charge in [-0.05, 0) is 60.7 Å². The number of aromatic nitrogens is 1. The van der Waals surface area contributed by atoms with Gasteiger partial charge in [-0.25, -0.2) is 8.42 Å². The molecule has 3 rings (SSSR count). The summed E-state index contributed by atoms with van der Waals surface area (Å²) in [5.41, 5.74) is 2.57. The molecular formula is C21H25ClN2O2S2. The molecule has 0 radical (unpaired) electrons. The van der Waals surface area contributed by atoms with Crippen molar-refractivity contribution in [1.29, 1.82) is 0 Å². The highest BCUT2D eigenvalue weighted by molar-refractivity contribution is 7.98. The number of sulfonamides is 1. The Bertz CT molecular complexity index is 1060. The zero-order valence-electron chi connectivity index (χ0n) is 16.3. The van der Waals surface area contributed by atoms with E-state index in [1.54, 1.807) is 6.07 Å². The zero-order chi connectivity index (χ0) is 20.4. The maximum absolute atomic E-state index is 11.8. The van der Waals surface area contributed by atoms with Gasteiger partial charge in [0.15, 0.2) is 0 Å². The highest BCUT2D eigenvalue weighted by atomic mass is 35.5. The van der Waals surface area contributed by atoms with E-state index in [4.69, 9.17) is 11.6 Å². The van der Waals surface area contributed by atoms with Gasteiger partial charge in [-0.2, -0.15) is 11.8 Å². The van der Waals surface area contributed by atoms with Gasteiger partial charge in [0.25, 0.3) is 0 Å². The summed E-state index contributed by atoms with van der Waals surface area (Å²) in [4.78, 5) is 0. The molecule has 0 fully saturated rings. The van der Waals surface area contributed by atoms with E-state index in [-0.39, 0.29) is 5.54 Å². The Hall–Kier alpha value is -1.63. The van der Waals surface area contributed by atoms with Gasteiger partial charge in [0.1, 0.15) is 0 Å². The number of rotatable bonds is 8. The summed E-state index contributed by atoms with van der Waals surface area (Å²) in [6.07, 6.45) is 7.22. The second kappa shape index (κ2) is 8.39. The van der Waals surface area contributed by atoms with Gasteiger partial charge in [-0.15, -0.1) is 0 Å². The van der Waals surface area contributed by atoms with Gasteiger partial charge in [0.05, 0.1) is 23.0 Å². The molecule has 1 unspecified atom stereocenters. The third-order valence-corrected chi connectivity index (χ3v) is 6.63. The minimum absolute atomic E-state index is 0.237. The third kappa shape index (κ3) is 4.19. The van der Waals surface area contributed by atoms with Crippen molar-refractivity contribution in [2.24, 2.45) is 0 Å². The van der Waals surface area contributed by atoms with Crippen molar-refractivity contribution in [2.75, 3.05) is 23.0 Å². The molecule has 1 N–H and O–H groups in total. The molecule has 1 atom stereocenters. The van der Waals surface area contributed by atoms with Crippen LogP contribution in [-0.4, -0.2) is 31.2 Å². The lowest BCUT2D eigenvalue weighted by molar-refractivity contribution is 0.342. The zero-order valence-corrected chi connectivity index (χ0v) is 18.7. The summed E-state index contributed by atoms with van der Waals surface area (Å²) < 4.78 is 28.5. The molecule has 2 aromatic carbocycles. The monoisotopic (exact) mass is 436 g/mol. The molecular weight excluding hydrogens is 412 g/mol. The Morgan fingerprint density at radius 3 is 2.46 bits per heavy atom. The quantitative estimate of drug-likeness (QED) is 0.502. The van der Waals surface area contributed by atoms with Gasteiger partial charge >= 0.3 is 0 Å². The van der Waals surface area contributed by atoms with Gasteiger partial charge < -0.3 is 4.57 Å². The lowest BCUT2D eigenvalue weighted by atomic mass is 9.84. The van der Waals surface area contributed by atoms with E-state index in [2.05, 4.69) is 40.8 Å². The number of fused-ring (bicyclic) bond motifs is 1. The van der Waals surface area contributed by atoms with E-state index in [0.717, 1.165) is 34.5 Å². The second-order valence-corrected chi connectivity index (χ2v) is 10.1. The van der Waals surface area contributed by atoms with Crippen LogP contribution in [0.5, 0.6) is 0 Å². The summed E-state index contributed by atoms with van der Waals surface area (Å²) in [6.45, 7) is 2.19. The average molecular weight is 437 g/mol. The minimum atomic E-state index is -3.35. The fourth-order valence-corrected chi connectivity index (χ4v) is 5.06. The Kier molecular flexibility index (Phi) is 6.32. The minimum Gasteiger partial charge on any atom is -0.337 e. The Morgan fingerprint density at radius 2 is 1.86 bits per heavy atom. The van der Waals surface area contributed by atoms with Crippen LogP contribution in [-0.2, 0) is 15.6 Å². The van der Waals surface area contributed by atoms with E-state index < -0.39 is 10.0 Å². The lowest BCUT2D eigenvalue weighted by Gasteiger charge is -2.36. The first-order chi connectivity index (χ1) is 13.3. The topological polar surface area (TPSA) is 51.1 Å². The van der Waals surface area contributed by atoms with Crippen LogP contribution in [0.25, 0.3) is 10.9 Å². The largest absolute Gasteiger partial charge is 0.337 e. The van der Waals surface area contributed by atoms with Crippen LogP contribution < -0.4 is 4.72 Å². The van der Waals surface area contributed by atoms with Crippen molar-refractivity contribution >= 4 is 50.0 Å². The molecule has 3 aromatic rings. The van der Waals surface area contributed by atoms with Crippen molar-refractivity contribution in [3.8, 4) is 0 Å².